The lowest BCUT2D eigenvalue weighted by molar-refractivity contribution is 0.672. The Bertz CT molecular complexity index is 582. The molecule has 1 unspecified atom stereocenters. The van der Waals surface area contributed by atoms with Gasteiger partial charge in [-0.25, -0.2) is 9.97 Å². The van der Waals surface area contributed by atoms with Crippen molar-refractivity contribution in [1.29, 1.82) is 0 Å². The van der Waals surface area contributed by atoms with Gasteiger partial charge in [0.1, 0.15) is 11.3 Å². The first kappa shape index (κ1) is 13.5. The molecule has 0 aliphatic rings. The molecule has 2 heterocycles. The van der Waals surface area contributed by atoms with Crippen molar-refractivity contribution in [3.63, 3.8) is 0 Å². The molecule has 18 heavy (non-hydrogen) atoms. The highest BCUT2D eigenvalue weighted by Gasteiger charge is 2.12. The third-order valence-electron chi connectivity index (χ3n) is 2.90. The molecule has 4 nitrogen and oxygen atoms in total. The van der Waals surface area contributed by atoms with E-state index in [1.807, 2.05) is 24.5 Å². The van der Waals surface area contributed by atoms with Gasteiger partial charge in [0.05, 0.1) is 5.88 Å². The zero-order valence-corrected chi connectivity index (χ0v) is 12.1. The lowest BCUT2D eigenvalue weighted by Gasteiger charge is -2.06. The first-order chi connectivity index (χ1) is 8.67. The van der Waals surface area contributed by atoms with Crippen LogP contribution in [0.4, 0.5) is 0 Å². The zero-order valence-electron chi connectivity index (χ0n) is 10.5. The van der Waals surface area contributed by atoms with Gasteiger partial charge in [-0.05, 0) is 18.6 Å². The summed E-state index contributed by atoms with van der Waals surface area (Å²) in [6.45, 7) is 4.58. The molecule has 0 radical (unpaired) electrons. The molecule has 2 aromatic rings. The summed E-state index contributed by atoms with van der Waals surface area (Å²) >= 11 is 5.92. The predicted octanol–water partition coefficient (Wildman–Crippen LogP) is 2.25. The monoisotopic (exact) mass is 285 g/mol. The van der Waals surface area contributed by atoms with Gasteiger partial charge in [0.2, 0.25) is 0 Å². The zero-order chi connectivity index (χ0) is 13.1. The molecule has 6 heteroatoms. The molecular formula is C12H16ClN3OS. The first-order valence-electron chi connectivity index (χ1n) is 5.89. The van der Waals surface area contributed by atoms with Gasteiger partial charge in [0, 0.05) is 35.0 Å². The van der Waals surface area contributed by atoms with Crippen molar-refractivity contribution in [2.24, 2.45) is 0 Å². The summed E-state index contributed by atoms with van der Waals surface area (Å²) in [5.74, 6) is 2.42. The minimum atomic E-state index is -0.790. The average Bonchev–Trinajstić information content (AvgIpc) is 2.75. The van der Waals surface area contributed by atoms with E-state index in [2.05, 4.69) is 9.97 Å². The molecule has 0 saturated carbocycles. The molecule has 0 N–H and O–H groups in total. The molecule has 0 aliphatic heterocycles. The van der Waals surface area contributed by atoms with E-state index >= 15 is 0 Å². The van der Waals surface area contributed by atoms with Crippen LogP contribution in [0.1, 0.15) is 18.3 Å². The molecule has 2 rings (SSSR count). The van der Waals surface area contributed by atoms with Crippen LogP contribution in [0.3, 0.4) is 0 Å². The Balaban J connectivity index is 2.41. The van der Waals surface area contributed by atoms with Crippen molar-refractivity contribution in [2.45, 2.75) is 26.3 Å². The highest BCUT2D eigenvalue weighted by Crippen LogP contribution is 2.18. The number of nitrogens with zero attached hydrogens (tertiary/aromatic N) is 3. The molecule has 0 amide bonds. The lowest BCUT2D eigenvalue weighted by atomic mass is 10.3. The van der Waals surface area contributed by atoms with Crippen molar-refractivity contribution in [1.82, 2.24) is 14.5 Å². The van der Waals surface area contributed by atoms with Crippen LogP contribution < -0.4 is 0 Å². The molecule has 98 valence electrons. The number of pyridine rings is 1. The van der Waals surface area contributed by atoms with Crippen LogP contribution in [0.2, 0.25) is 0 Å². The van der Waals surface area contributed by atoms with Crippen molar-refractivity contribution in [2.75, 3.05) is 11.5 Å². The highest BCUT2D eigenvalue weighted by molar-refractivity contribution is 7.84. The topological polar surface area (TPSA) is 47.8 Å². The second-order valence-electron chi connectivity index (χ2n) is 4.05. The molecule has 0 fully saturated rings. The van der Waals surface area contributed by atoms with Crippen molar-refractivity contribution >= 4 is 33.6 Å². The van der Waals surface area contributed by atoms with Gasteiger partial charge in [0.15, 0.2) is 5.65 Å². The SMILES string of the molecule is CCS(=O)CCn1c(CCl)nc2c(C)ccnc21. The summed E-state index contributed by atoms with van der Waals surface area (Å²) < 4.78 is 13.5. The van der Waals surface area contributed by atoms with Gasteiger partial charge in [-0.15, -0.1) is 11.6 Å². The van der Waals surface area contributed by atoms with E-state index < -0.39 is 10.8 Å². The molecule has 2 aromatic heterocycles. The van der Waals surface area contributed by atoms with Crippen LogP contribution in [0.15, 0.2) is 12.3 Å². The summed E-state index contributed by atoms with van der Waals surface area (Å²) in [6.07, 6.45) is 1.77. The molecule has 0 spiro atoms. The minimum Gasteiger partial charge on any atom is -0.311 e. The quantitative estimate of drug-likeness (QED) is 0.792. The normalized spacial score (nSPS) is 13.1. The summed E-state index contributed by atoms with van der Waals surface area (Å²) in [6, 6.07) is 1.93. The Morgan fingerprint density at radius 2 is 2.28 bits per heavy atom. The Kier molecular flexibility index (Phi) is 4.35. The van der Waals surface area contributed by atoms with E-state index in [1.54, 1.807) is 6.20 Å². The van der Waals surface area contributed by atoms with Crippen LogP contribution in [0.5, 0.6) is 0 Å². The van der Waals surface area contributed by atoms with Gasteiger partial charge in [0.25, 0.3) is 0 Å². The largest absolute Gasteiger partial charge is 0.311 e. The fraction of sp³-hybridized carbons (Fsp3) is 0.500. The fourth-order valence-corrected chi connectivity index (χ4v) is 2.74. The summed E-state index contributed by atoms with van der Waals surface area (Å²) in [4.78, 5) is 8.86. The third-order valence-corrected chi connectivity index (χ3v) is 4.42. The van der Waals surface area contributed by atoms with Gasteiger partial charge in [-0.3, -0.25) is 4.21 Å². The van der Waals surface area contributed by atoms with Gasteiger partial charge in [-0.2, -0.15) is 0 Å². The highest BCUT2D eigenvalue weighted by atomic mass is 35.5. The molecule has 1 atom stereocenters. The van der Waals surface area contributed by atoms with Crippen LogP contribution in [0, 0.1) is 6.92 Å². The van der Waals surface area contributed by atoms with Crippen molar-refractivity contribution < 1.29 is 4.21 Å². The third kappa shape index (κ3) is 2.57. The summed E-state index contributed by atoms with van der Waals surface area (Å²) in [7, 11) is -0.790. The second kappa shape index (κ2) is 5.80. The maximum absolute atomic E-state index is 11.5. The lowest BCUT2D eigenvalue weighted by Crippen LogP contribution is -2.11. The maximum atomic E-state index is 11.5. The predicted molar refractivity (Wildman–Crippen MR) is 75.4 cm³/mol. The Labute approximate surface area is 114 Å². The summed E-state index contributed by atoms with van der Waals surface area (Å²) in [5.41, 5.74) is 2.80. The van der Waals surface area contributed by atoms with E-state index in [4.69, 9.17) is 11.6 Å². The van der Waals surface area contributed by atoms with Crippen LogP contribution in [-0.2, 0) is 23.2 Å². The Morgan fingerprint density at radius 3 is 2.94 bits per heavy atom. The summed E-state index contributed by atoms with van der Waals surface area (Å²) in [5, 5.41) is 0. The van der Waals surface area contributed by atoms with Crippen LogP contribution >= 0.6 is 11.6 Å². The van der Waals surface area contributed by atoms with Gasteiger partial charge >= 0.3 is 0 Å². The van der Waals surface area contributed by atoms with Gasteiger partial charge in [-0.1, -0.05) is 6.92 Å². The van der Waals surface area contributed by atoms with Crippen molar-refractivity contribution in [3.05, 3.63) is 23.7 Å². The molecule has 0 aliphatic carbocycles. The second-order valence-corrected chi connectivity index (χ2v) is 6.18. The number of hydrogen-bond donors (Lipinski definition) is 0. The maximum Gasteiger partial charge on any atom is 0.160 e. The molecule has 0 bridgehead atoms. The molecule has 0 aromatic carbocycles. The fourth-order valence-electron chi connectivity index (χ4n) is 1.86. The smallest absolute Gasteiger partial charge is 0.160 e. The minimum absolute atomic E-state index is 0.342. The van der Waals surface area contributed by atoms with E-state index in [0.29, 0.717) is 23.9 Å². The Hall–Kier alpha value is -0.940. The molecule has 0 saturated heterocycles. The van der Waals surface area contributed by atoms with Crippen LogP contribution in [0.25, 0.3) is 11.2 Å². The Morgan fingerprint density at radius 1 is 1.50 bits per heavy atom. The first-order valence-corrected chi connectivity index (χ1v) is 7.91. The number of aromatic nitrogens is 3. The van der Waals surface area contributed by atoms with Crippen molar-refractivity contribution in [3.8, 4) is 0 Å². The van der Waals surface area contributed by atoms with E-state index in [1.165, 1.54) is 0 Å². The van der Waals surface area contributed by atoms with E-state index in [9.17, 15) is 4.21 Å². The number of hydrogen-bond acceptors (Lipinski definition) is 3. The van der Waals surface area contributed by atoms with E-state index in [-0.39, 0.29) is 0 Å². The number of halogens is 1. The number of fused-ring (bicyclic) bond motifs is 1. The number of alkyl halides is 1. The van der Waals surface area contributed by atoms with Crippen LogP contribution in [-0.4, -0.2) is 30.2 Å². The number of rotatable bonds is 5. The van der Waals surface area contributed by atoms with E-state index in [0.717, 1.165) is 22.6 Å². The standard InChI is InChI=1S/C12H16ClN3OS/c1-3-18(17)7-6-16-10(8-13)15-11-9(2)4-5-14-12(11)16/h4-5H,3,6-8H2,1-2H3. The molecular weight excluding hydrogens is 270 g/mol. The number of imidazole rings is 1. The van der Waals surface area contributed by atoms with Gasteiger partial charge < -0.3 is 4.57 Å². The number of aryl methyl sites for hydroxylation is 2. The average molecular weight is 286 g/mol.